The Morgan fingerprint density at radius 2 is 1.09 bits per heavy atom. The van der Waals surface area contributed by atoms with E-state index in [-0.39, 0.29) is 0 Å². The molecule has 0 spiro atoms. The van der Waals surface area contributed by atoms with Crippen LogP contribution in [0.15, 0.2) is 58.8 Å². The monoisotopic (exact) mass is 308 g/mol. The van der Waals surface area contributed by atoms with Crippen molar-refractivity contribution < 1.29 is 9.68 Å². The topological polar surface area (TPSA) is 43.2 Å². The van der Waals surface area contributed by atoms with Crippen molar-refractivity contribution >= 4 is 11.4 Å². The number of oxime groups is 2. The van der Waals surface area contributed by atoms with Crippen molar-refractivity contribution in [3.8, 4) is 11.1 Å². The molecule has 1 aliphatic rings. The van der Waals surface area contributed by atoms with Gasteiger partial charge in [0.2, 0.25) is 0 Å². The summed E-state index contributed by atoms with van der Waals surface area (Å²) >= 11 is 0. The van der Waals surface area contributed by atoms with Crippen molar-refractivity contribution in [2.24, 2.45) is 10.3 Å². The third-order valence-corrected chi connectivity index (χ3v) is 3.71. The lowest BCUT2D eigenvalue weighted by molar-refractivity contribution is 0.157. The van der Waals surface area contributed by atoms with Crippen LogP contribution in [-0.4, -0.2) is 24.6 Å². The van der Waals surface area contributed by atoms with E-state index in [1.54, 1.807) is 0 Å². The molecule has 2 aromatic rings. The Morgan fingerprint density at radius 3 is 1.48 bits per heavy atom. The van der Waals surface area contributed by atoms with Gasteiger partial charge in [-0.2, -0.15) is 0 Å². The maximum Gasteiger partial charge on any atom is 0.114 e. The molecule has 0 unspecified atom stereocenters. The highest BCUT2D eigenvalue weighted by Crippen LogP contribution is 2.33. The Balaban J connectivity index is 2.21. The summed E-state index contributed by atoms with van der Waals surface area (Å²) in [6, 6.07) is 16.5. The predicted octanol–water partition coefficient (Wildman–Crippen LogP) is 4.24. The van der Waals surface area contributed by atoms with Gasteiger partial charge in [-0.05, 0) is 25.0 Å². The maximum absolute atomic E-state index is 5.33. The van der Waals surface area contributed by atoms with E-state index < -0.39 is 0 Å². The Bertz CT molecular complexity index is 687. The molecule has 0 bridgehead atoms. The minimum atomic E-state index is 0.538. The minimum absolute atomic E-state index is 0.538. The molecule has 23 heavy (non-hydrogen) atoms. The molecular formula is C19H20N2O2. The van der Waals surface area contributed by atoms with Crippen LogP contribution in [0.3, 0.4) is 0 Å². The largest absolute Gasteiger partial charge is 0.396 e. The fourth-order valence-electron chi connectivity index (χ4n) is 2.74. The van der Waals surface area contributed by atoms with E-state index >= 15 is 0 Å². The van der Waals surface area contributed by atoms with Crippen LogP contribution in [-0.2, 0) is 9.68 Å². The molecule has 2 aromatic carbocycles. The molecule has 0 amide bonds. The SMILES string of the molecule is CCON=C1CC(=NOCC)c2ccccc2-c2ccccc21. The molecule has 0 aliphatic heterocycles. The Morgan fingerprint density at radius 1 is 0.696 bits per heavy atom. The highest BCUT2D eigenvalue weighted by Gasteiger charge is 2.23. The van der Waals surface area contributed by atoms with Crippen LogP contribution in [0.25, 0.3) is 11.1 Å². The van der Waals surface area contributed by atoms with Gasteiger partial charge in [0.05, 0.1) is 11.4 Å². The van der Waals surface area contributed by atoms with Gasteiger partial charge in [0.25, 0.3) is 0 Å². The van der Waals surface area contributed by atoms with E-state index in [1.807, 2.05) is 38.1 Å². The first-order chi connectivity index (χ1) is 11.3. The summed E-state index contributed by atoms with van der Waals surface area (Å²) in [7, 11) is 0. The number of rotatable bonds is 4. The minimum Gasteiger partial charge on any atom is -0.396 e. The number of fused-ring (bicyclic) bond motifs is 3. The molecule has 4 nitrogen and oxygen atoms in total. The molecular weight excluding hydrogens is 288 g/mol. The average Bonchev–Trinajstić information content (AvgIpc) is 2.74. The molecule has 0 saturated carbocycles. The quantitative estimate of drug-likeness (QED) is 0.793. The van der Waals surface area contributed by atoms with E-state index in [1.165, 1.54) is 0 Å². The van der Waals surface area contributed by atoms with Crippen molar-refractivity contribution in [3.05, 3.63) is 59.7 Å². The second-order valence-corrected chi connectivity index (χ2v) is 5.18. The molecule has 0 saturated heterocycles. The molecule has 0 N–H and O–H groups in total. The second kappa shape index (κ2) is 7.09. The molecule has 0 fully saturated rings. The molecule has 4 heteroatoms. The second-order valence-electron chi connectivity index (χ2n) is 5.18. The Labute approximate surface area is 136 Å². The van der Waals surface area contributed by atoms with Crippen LogP contribution in [0.1, 0.15) is 31.4 Å². The molecule has 0 atom stereocenters. The first kappa shape index (κ1) is 15.3. The summed E-state index contributed by atoms with van der Waals surface area (Å²) in [5.74, 6) is 0. The third-order valence-electron chi connectivity index (χ3n) is 3.71. The van der Waals surface area contributed by atoms with E-state index in [0.717, 1.165) is 33.7 Å². The number of hydrogen-bond donors (Lipinski definition) is 0. The van der Waals surface area contributed by atoms with Crippen LogP contribution >= 0.6 is 0 Å². The summed E-state index contributed by atoms with van der Waals surface area (Å²) in [5, 5.41) is 8.65. The Kier molecular flexibility index (Phi) is 4.71. The number of benzene rings is 2. The lowest BCUT2D eigenvalue weighted by Gasteiger charge is -2.08. The van der Waals surface area contributed by atoms with E-state index in [2.05, 4.69) is 34.6 Å². The van der Waals surface area contributed by atoms with Gasteiger partial charge in [-0.1, -0.05) is 58.8 Å². The fraction of sp³-hybridized carbons (Fsp3) is 0.263. The highest BCUT2D eigenvalue weighted by molar-refractivity contribution is 6.24. The maximum atomic E-state index is 5.33. The van der Waals surface area contributed by atoms with E-state index in [9.17, 15) is 0 Å². The van der Waals surface area contributed by atoms with Gasteiger partial charge >= 0.3 is 0 Å². The van der Waals surface area contributed by atoms with E-state index in [4.69, 9.17) is 9.68 Å². The van der Waals surface area contributed by atoms with Gasteiger partial charge in [-0.15, -0.1) is 0 Å². The van der Waals surface area contributed by atoms with Gasteiger partial charge in [0.1, 0.15) is 13.2 Å². The third kappa shape index (κ3) is 3.11. The summed E-state index contributed by atoms with van der Waals surface area (Å²) in [6.45, 7) is 4.93. The highest BCUT2D eigenvalue weighted by atomic mass is 16.6. The van der Waals surface area contributed by atoms with Crippen molar-refractivity contribution in [2.75, 3.05) is 13.2 Å². The Hall–Kier alpha value is -2.62. The van der Waals surface area contributed by atoms with Gasteiger partial charge in [0.15, 0.2) is 0 Å². The molecule has 3 rings (SSSR count). The van der Waals surface area contributed by atoms with Gasteiger partial charge in [-0.25, -0.2) is 0 Å². The van der Waals surface area contributed by atoms with Gasteiger partial charge in [0, 0.05) is 17.5 Å². The molecule has 118 valence electrons. The van der Waals surface area contributed by atoms with Crippen molar-refractivity contribution in [2.45, 2.75) is 20.3 Å². The fourth-order valence-corrected chi connectivity index (χ4v) is 2.74. The van der Waals surface area contributed by atoms with Crippen LogP contribution in [0.5, 0.6) is 0 Å². The molecule has 0 heterocycles. The predicted molar refractivity (Wildman–Crippen MR) is 92.8 cm³/mol. The number of hydrogen-bond acceptors (Lipinski definition) is 4. The lowest BCUT2D eigenvalue weighted by Crippen LogP contribution is -2.10. The van der Waals surface area contributed by atoms with Crippen LogP contribution in [0, 0.1) is 0 Å². The number of nitrogens with zero attached hydrogens (tertiary/aromatic N) is 2. The van der Waals surface area contributed by atoms with Gasteiger partial charge in [-0.3, -0.25) is 0 Å². The van der Waals surface area contributed by atoms with Crippen molar-refractivity contribution in [1.82, 2.24) is 0 Å². The summed E-state index contributed by atoms with van der Waals surface area (Å²) in [4.78, 5) is 10.7. The summed E-state index contributed by atoms with van der Waals surface area (Å²) in [5.41, 5.74) is 6.19. The zero-order valence-electron chi connectivity index (χ0n) is 13.5. The van der Waals surface area contributed by atoms with Crippen LogP contribution in [0.2, 0.25) is 0 Å². The normalized spacial score (nSPS) is 16.6. The first-order valence-corrected chi connectivity index (χ1v) is 7.92. The standard InChI is InChI=1S/C19H20N2O2/c1-3-22-20-18-13-19(21-23-4-2)17-12-8-6-10-15(17)14-9-5-7-11-16(14)18/h5-12H,3-4,13H2,1-2H3. The van der Waals surface area contributed by atoms with Crippen LogP contribution in [0.4, 0.5) is 0 Å². The molecule has 0 radical (unpaired) electrons. The van der Waals surface area contributed by atoms with E-state index in [0.29, 0.717) is 19.6 Å². The van der Waals surface area contributed by atoms with Crippen molar-refractivity contribution in [3.63, 3.8) is 0 Å². The summed E-state index contributed by atoms with van der Waals surface area (Å²) in [6.07, 6.45) is 0.577. The zero-order chi connectivity index (χ0) is 16.1. The summed E-state index contributed by atoms with van der Waals surface area (Å²) < 4.78 is 0. The smallest absolute Gasteiger partial charge is 0.114 e. The average molecular weight is 308 g/mol. The van der Waals surface area contributed by atoms with Crippen molar-refractivity contribution in [1.29, 1.82) is 0 Å². The first-order valence-electron chi connectivity index (χ1n) is 7.92. The van der Waals surface area contributed by atoms with Crippen LogP contribution < -0.4 is 0 Å². The molecule has 1 aliphatic carbocycles. The molecule has 0 aromatic heterocycles. The zero-order valence-corrected chi connectivity index (χ0v) is 13.5. The van der Waals surface area contributed by atoms with Gasteiger partial charge < -0.3 is 9.68 Å². The lowest BCUT2D eigenvalue weighted by atomic mass is 9.96.